The van der Waals surface area contributed by atoms with E-state index in [1.807, 2.05) is 20.9 Å². The van der Waals surface area contributed by atoms with Crippen molar-refractivity contribution in [3.63, 3.8) is 0 Å². The molecule has 0 spiro atoms. The lowest BCUT2D eigenvalue weighted by molar-refractivity contribution is -0.145. The Labute approximate surface area is 179 Å². The van der Waals surface area contributed by atoms with Crippen LogP contribution in [-0.2, 0) is 23.9 Å². The number of nitrogens with zero attached hydrogens (tertiary/aromatic N) is 2. The van der Waals surface area contributed by atoms with Gasteiger partial charge in [-0.2, -0.15) is 0 Å². The van der Waals surface area contributed by atoms with Crippen molar-refractivity contribution in [2.75, 3.05) is 20.8 Å². The molecule has 4 heterocycles. The fourth-order valence-corrected chi connectivity index (χ4v) is 7.07. The van der Waals surface area contributed by atoms with Gasteiger partial charge in [0.25, 0.3) is 0 Å². The maximum absolute atomic E-state index is 13.5. The van der Waals surface area contributed by atoms with Crippen molar-refractivity contribution < 1.29 is 29.0 Å². The van der Waals surface area contributed by atoms with Crippen LogP contribution in [0.1, 0.15) is 26.7 Å². The van der Waals surface area contributed by atoms with E-state index in [9.17, 15) is 19.5 Å². The molecule has 0 aromatic carbocycles. The number of carbonyl (C=O) groups excluding carboxylic acids is 2. The molecular formula is C21H26N2O6S. The Morgan fingerprint density at radius 3 is 2.63 bits per heavy atom. The van der Waals surface area contributed by atoms with E-state index in [4.69, 9.17) is 9.47 Å². The molecule has 162 valence electrons. The van der Waals surface area contributed by atoms with Gasteiger partial charge in [-0.05, 0) is 19.9 Å². The number of hydrogen-bond donors (Lipinski definition) is 1. The highest BCUT2D eigenvalue weighted by molar-refractivity contribution is 8.04. The molecule has 0 radical (unpaired) electrons. The molecule has 8 nitrogen and oxygen atoms in total. The lowest BCUT2D eigenvalue weighted by atomic mass is 9.77. The zero-order chi connectivity index (χ0) is 21.5. The number of Topliss-reactive ketones (excluding diaryl/α,β-unsaturated/α-hetero) is 2. The number of methoxy groups -OCH3 is 1. The summed E-state index contributed by atoms with van der Waals surface area (Å²) in [6.45, 7) is 4.29. The van der Waals surface area contributed by atoms with Gasteiger partial charge in [0.05, 0.1) is 31.7 Å². The standard InChI is InChI=1S/C21H26N2O6S/c1-8(2)30-19-17(25)14-9(16(24)18(19)28-4)5-11-15-10(21(26)27)6-12(22(15)3)20-23(11)13(14)7-29-20/h8,10-13,15,20H,5-7H2,1-4H3,(H,26,27)/t10-,11+,12+,13+,15-,20-/m1/s1. The number of ketones is 2. The molecular weight excluding hydrogens is 408 g/mol. The molecule has 0 aromatic rings. The quantitative estimate of drug-likeness (QED) is 0.651. The predicted molar refractivity (Wildman–Crippen MR) is 109 cm³/mol. The molecule has 3 saturated heterocycles. The molecule has 5 rings (SSSR count). The molecule has 4 aliphatic heterocycles. The fraction of sp³-hybridized carbons (Fsp3) is 0.667. The van der Waals surface area contributed by atoms with Crippen molar-refractivity contribution in [2.24, 2.45) is 5.92 Å². The SMILES string of the molecule is COC1=C(SC(C)C)C(=O)C2=C(C[C@H]3[C@H]4[C@H](C(=O)O)C[C@@H]([C@H]5OC[C@@H]2N53)N4C)C1=O. The van der Waals surface area contributed by atoms with Crippen molar-refractivity contribution in [3.8, 4) is 0 Å². The van der Waals surface area contributed by atoms with E-state index in [-0.39, 0.29) is 53.0 Å². The first-order valence-corrected chi connectivity index (χ1v) is 11.2. The number of carbonyl (C=O) groups is 3. The van der Waals surface area contributed by atoms with Crippen LogP contribution in [0.4, 0.5) is 0 Å². The Morgan fingerprint density at radius 2 is 2.00 bits per heavy atom. The van der Waals surface area contributed by atoms with E-state index >= 15 is 0 Å². The molecule has 3 fully saturated rings. The molecule has 1 N–H and O–H groups in total. The summed E-state index contributed by atoms with van der Waals surface area (Å²) in [5, 5.41) is 9.94. The Bertz CT molecular complexity index is 911. The van der Waals surface area contributed by atoms with Gasteiger partial charge in [0, 0.05) is 28.5 Å². The molecule has 30 heavy (non-hydrogen) atoms. The zero-order valence-electron chi connectivity index (χ0n) is 17.5. The van der Waals surface area contributed by atoms with Crippen molar-refractivity contribution in [3.05, 3.63) is 21.8 Å². The van der Waals surface area contributed by atoms with E-state index in [1.54, 1.807) is 0 Å². The monoisotopic (exact) mass is 434 g/mol. The minimum Gasteiger partial charge on any atom is -0.491 e. The summed E-state index contributed by atoms with van der Waals surface area (Å²) in [6.07, 6.45) is 0.606. The molecule has 0 unspecified atom stereocenters. The number of fused-ring (bicyclic) bond motifs is 5. The van der Waals surface area contributed by atoms with Crippen molar-refractivity contribution in [1.29, 1.82) is 0 Å². The highest BCUT2D eigenvalue weighted by Crippen LogP contribution is 2.51. The normalized spacial score (nSPS) is 38.4. The number of piperazine rings is 1. The Hall–Kier alpha value is -1.68. The summed E-state index contributed by atoms with van der Waals surface area (Å²) in [7, 11) is 3.37. The minimum atomic E-state index is -0.814. The van der Waals surface area contributed by atoms with Crippen LogP contribution in [0, 0.1) is 5.92 Å². The third-order valence-electron chi connectivity index (χ3n) is 7.17. The van der Waals surface area contributed by atoms with E-state index in [2.05, 4.69) is 9.80 Å². The van der Waals surface area contributed by atoms with Crippen LogP contribution < -0.4 is 0 Å². The van der Waals surface area contributed by atoms with E-state index in [0.717, 1.165) is 0 Å². The molecule has 9 heteroatoms. The van der Waals surface area contributed by atoms with Crippen molar-refractivity contribution >= 4 is 29.3 Å². The molecule has 5 aliphatic rings. The van der Waals surface area contributed by atoms with Gasteiger partial charge in [-0.1, -0.05) is 13.8 Å². The predicted octanol–water partition coefficient (Wildman–Crippen LogP) is 1.02. The van der Waals surface area contributed by atoms with Gasteiger partial charge in [0.2, 0.25) is 11.6 Å². The van der Waals surface area contributed by atoms with Gasteiger partial charge in [-0.25, -0.2) is 0 Å². The highest BCUT2D eigenvalue weighted by atomic mass is 32.2. The number of allylic oxidation sites excluding steroid dienone is 2. The zero-order valence-corrected chi connectivity index (χ0v) is 18.3. The number of aliphatic carboxylic acids is 1. The average molecular weight is 435 g/mol. The van der Waals surface area contributed by atoms with Crippen LogP contribution in [-0.4, -0.2) is 88.9 Å². The van der Waals surface area contributed by atoms with Crippen LogP contribution in [0.25, 0.3) is 0 Å². The number of ether oxygens (including phenoxy) is 2. The van der Waals surface area contributed by atoms with Gasteiger partial charge in [0.15, 0.2) is 5.76 Å². The molecule has 0 saturated carbocycles. The molecule has 2 bridgehead atoms. The highest BCUT2D eigenvalue weighted by Gasteiger charge is 2.63. The molecule has 1 aliphatic carbocycles. The first kappa shape index (κ1) is 20.2. The minimum absolute atomic E-state index is 0.0246. The number of rotatable bonds is 4. The molecule has 0 amide bonds. The summed E-state index contributed by atoms with van der Waals surface area (Å²) >= 11 is 1.35. The van der Waals surface area contributed by atoms with Gasteiger partial charge in [0.1, 0.15) is 11.1 Å². The first-order valence-electron chi connectivity index (χ1n) is 10.4. The van der Waals surface area contributed by atoms with Gasteiger partial charge in [-0.15, -0.1) is 11.8 Å². The average Bonchev–Trinajstić information content (AvgIpc) is 3.22. The summed E-state index contributed by atoms with van der Waals surface area (Å²) in [6, 6.07) is -0.734. The smallest absolute Gasteiger partial charge is 0.308 e. The van der Waals surface area contributed by atoms with Crippen molar-refractivity contribution in [1.82, 2.24) is 9.80 Å². The van der Waals surface area contributed by atoms with Crippen LogP contribution in [0.5, 0.6) is 0 Å². The third-order valence-corrected chi connectivity index (χ3v) is 8.25. The number of thioether (sulfide) groups is 1. The Balaban J connectivity index is 1.60. The maximum atomic E-state index is 13.5. The second kappa shape index (κ2) is 6.91. The van der Waals surface area contributed by atoms with Gasteiger partial charge in [-0.3, -0.25) is 24.2 Å². The van der Waals surface area contributed by atoms with Crippen LogP contribution >= 0.6 is 11.8 Å². The topological polar surface area (TPSA) is 96.4 Å². The van der Waals surface area contributed by atoms with Crippen LogP contribution in [0.3, 0.4) is 0 Å². The third kappa shape index (κ3) is 2.55. The first-order chi connectivity index (χ1) is 14.3. The van der Waals surface area contributed by atoms with E-state index < -0.39 is 11.9 Å². The summed E-state index contributed by atoms with van der Waals surface area (Å²) in [4.78, 5) is 43.6. The van der Waals surface area contributed by atoms with E-state index in [0.29, 0.717) is 35.5 Å². The Morgan fingerprint density at radius 1 is 1.27 bits per heavy atom. The number of hydrogen-bond acceptors (Lipinski definition) is 8. The van der Waals surface area contributed by atoms with Crippen molar-refractivity contribution in [2.45, 2.75) is 62.3 Å². The fourth-order valence-electron chi connectivity index (χ4n) is 6.10. The second-order valence-electron chi connectivity index (χ2n) is 8.94. The lowest BCUT2D eigenvalue weighted by Gasteiger charge is -2.51. The summed E-state index contributed by atoms with van der Waals surface area (Å²) < 4.78 is 11.5. The van der Waals surface area contributed by atoms with Gasteiger partial charge >= 0.3 is 5.97 Å². The number of carboxylic acids is 1. The molecule has 0 aromatic heterocycles. The summed E-state index contributed by atoms with van der Waals surface area (Å²) in [5.74, 6) is -1.60. The maximum Gasteiger partial charge on any atom is 0.308 e. The van der Waals surface area contributed by atoms with Crippen LogP contribution in [0.15, 0.2) is 21.8 Å². The number of carboxylic acid groups (broad SMARTS) is 1. The second-order valence-corrected chi connectivity index (χ2v) is 10.5. The van der Waals surface area contributed by atoms with Crippen LogP contribution in [0.2, 0.25) is 0 Å². The lowest BCUT2D eigenvalue weighted by Crippen LogP contribution is -2.66. The van der Waals surface area contributed by atoms with E-state index in [1.165, 1.54) is 18.9 Å². The summed E-state index contributed by atoms with van der Waals surface area (Å²) in [5.41, 5.74) is 1.00. The van der Waals surface area contributed by atoms with Gasteiger partial charge < -0.3 is 14.6 Å². The largest absolute Gasteiger partial charge is 0.491 e. The molecule has 6 atom stereocenters. The number of likely N-dealkylation sites (N-methyl/N-ethyl adjacent to an activating group) is 1. The Kier molecular flexibility index (Phi) is 4.66.